The summed E-state index contributed by atoms with van der Waals surface area (Å²) in [6.45, 7) is 2.38. The first-order chi connectivity index (χ1) is 11.4. The van der Waals surface area contributed by atoms with Gasteiger partial charge in [0.05, 0.1) is 29.1 Å². The van der Waals surface area contributed by atoms with E-state index in [1.807, 2.05) is 30.5 Å². The van der Waals surface area contributed by atoms with Crippen LogP contribution in [-0.4, -0.2) is 23.0 Å². The highest BCUT2D eigenvalue weighted by atomic mass is 16.5. The van der Waals surface area contributed by atoms with Gasteiger partial charge in [-0.2, -0.15) is 10.4 Å². The van der Waals surface area contributed by atoms with Crippen molar-refractivity contribution in [3.63, 3.8) is 0 Å². The standard InChI is InChI=1S/C18H18N4O/c19-11-13-1-3-14(4-2-13)18-16-12-20-8-5-17(16)22(21-18)15-6-9-23-10-7-15/h1-5,8,15,20H,6-7,9-10,12H2. The second-order valence-electron chi connectivity index (χ2n) is 5.90. The predicted octanol–water partition coefficient (Wildman–Crippen LogP) is 2.85. The second-order valence-corrected chi connectivity index (χ2v) is 5.90. The Morgan fingerprint density at radius 2 is 2.00 bits per heavy atom. The Morgan fingerprint density at radius 1 is 1.22 bits per heavy atom. The van der Waals surface area contributed by atoms with E-state index in [1.165, 1.54) is 11.3 Å². The molecule has 0 unspecified atom stereocenters. The summed E-state index contributed by atoms with van der Waals surface area (Å²) in [6, 6.07) is 10.2. The monoisotopic (exact) mass is 306 g/mol. The fraction of sp³-hybridized carbons (Fsp3) is 0.333. The van der Waals surface area contributed by atoms with Gasteiger partial charge in [-0.25, -0.2) is 0 Å². The molecule has 3 heterocycles. The molecule has 0 radical (unpaired) electrons. The molecule has 2 aromatic rings. The van der Waals surface area contributed by atoms with Gasteiger partial charge in [-0.05, 0) is 37.3 Å². The molecular formula is C18H18N4O. The van der Waals surface area contributed by atoms with Gasteiger partial charge in [-0.1, -0.05) is 12.1 Å². The van der Waals surface area contributed by atoms with Crippen LogP contribution in [-0.2, 0) is 11.3 Å². The normalized spacial score (nSPS) is 17.3. The Kier molecular flexibility index (Phi) is 3.60. The Morgan fingerprint density at radius 3 is 2.74 bits per heavy atom. The minimum Gasteiger partial charge on any atom is -0.387 e. The zero-order valence-corrected chi connectivity index (χ0v) is 12.8. The van der Waals surface area contributed by atoms with Crippen molar-refractivity contribution >= 4 is 6.08 Å². The topological polar surface area (TPSA) is 62.9 Å². The van der Waals surface area contributed by atoms with Gasteiger partial charge < -0.3 is 10.1 Å². The van der Waals surface area contributed by atoms with Crippen molar-refractivity contribution in [1.82, 2.24) is 15.1 Å². The summed E-state index contributed by atoms with van der Waals surface area (Å²) < 4.78 is 7.65. The van der Waals surface area contributed by atoms with E-state index in [2.05, 4.69) is 22.1 Å². The van der Waals surface area contributed by atoms with E-state index in [9.17, 15) is 0 Å². The van der Waals surface area contributed by atoms with E-state index in [-0.39, 0.29) is 0 Å². The predicted molar refractivity (Wildman–Crippen MR) is 87.3 cm³/mol. The molecule has 5 nitrogen and oxygen atoms in total. The van der Waals surface area contributed by atoms with Crippen molar-refractivity contribution in [2.24, 2.45) is 0 Å². The van der Waals surface area contributed by atoms with Crippen LogP contribution in [0.3, 0.4) is 0 Å². The lowest BCUT2D eigenvalue weighted by Crippen LogP contribution is -2.22. The SMILES string of the molecule is N#Cc1ccc(-c2nn(C3CCOCC3)c3c2CNC=C3)cc1. The Labute approximate surface area is 135 Å². The molecule has 23 heavy (non-hydrogen) atoms. The first kappa shape index (κ1) is 14.0. The van der Waals surface area contributed by atoms with Crippen molar-refractivity contribution < 1.29 is 4.74 Å². The third-order valence-electron chi connectivity index (χ3n) is 4.51. The lowest BCUT2D eigenvalue weighted by Gasteiger charge is -2.24. The summed E-state index contributed by atoms with van der Waals surface area (Å²) in [5.74, 6) is 0. The molecule has 5 heteroatoms. The van der Waals surface area contributed by atoms with Crippen LogP contribution in [0.15, 0.2) is 30.5 Å². The van der Waals surface area contributed by atoms with Gasteiger partial charge in [0.25, 0.3) is 0 Å². The number of aromatic nitrogens is 2. The van der Waals surface area contributed by atoms with Crippen LogP contribution in [0.4, 0.5) is 0 Å². The van der Waals surface area contributed by atoms with Gasteiger partial charge in [0.1, 0.15) is 0 Å². The number of benzene rings is 1. The molecule has 0 bridgehead atoms. The van der Waals surface area contributed by atoms with Crippen molar-refractivity contribution in [1.29, 1.82) is 5.26 Å². The Balaban J connectivity index is 1.79. The smallest absolute Gasteiger partial charge is 0.0991 e. The van der Waals surface area contributed by atoms with E-state index in [0.717, 1.165) is 43.9 Å². The number of fused-ring (bicyclic) bond motifs is 1. The van der Waals surface area contributed by atoms with Gasteiger partial charge in [0.15, 0.2) is 0 Å². The third kappa shape index (κ3) is 2.51. The number of nitrogens with zero attached hydrogens (tertiary/aromatic N) is 3. The molecule has 0 spiro atoms. The van der Waals surface area contributed by atoms with Gasteiger partial charge in [0, 0.05) is 30.9 Å². The Hall–Kier alpha value is -2.58. The second kappa shape index (κ2) is 5.90. The maximum Gasteiger partial charge on any atom is 0.0991 e. The summed E-state index contributed by atoms with van der Waals surface area (Å²) in [4.78, 5) is 0. The van der Waals surface area contributed by atoms with Crippen LogP contribution < -0.4 is 5.32 Å². The fourth-order valence-corrected chi connectivity index (χ4v) is 3.27. The maximum absolute atomic E-state index is 8.96. The number of hydrogen-bond acceptors (Lipinski definition) is 4. The molecule has 0 atom stereocenters. The minimum atomic E-state index is 0.396. The van der Waals surface area contributed by atoms with Crippen molar-refractivity contribution in [2.75, 3.05) is 13.2 Å². The van der Waals surface area contributed by atoms with Gasteiger partial charge in [-0.15, -0.1) is 0 Å². The molecule has 116 valence electrons. The molecule has 4 rings (SSSR count). The van der Waals surface area contributed by atoms with E-state index in [4.69, 9.17) is 15.1 Å². The Bertz CT molecular complexity index is 777. The van der Waals surface area contributed by atoms with Crippen LogP contribution in [0.2, 0.25) is 0 Å². The summed E-state index contributed by atoms with van der Waals surface area (Å²) in [6.07, 6.45) is 6.10. The van der Waals surface area contributed by atoms with Crippen molar-refractivity contribution in [3.05, 3.63) is 47.3 Å². The number of ether oxygens (including phenoxy) is 1. The van der Waals surface area contributed by atoms with Crippen molar-refractivity contribution in [2.45, 2.75) is 25.4 Å². The van der Waals surface area contributed by atoms with Gasteiger partial charge in [0.2, 0.25) is 0 Å². The zero-order chi connectivity index (χ0) is 15.6. The molecular weight excluding hydrogens is 288 g/mol. The van der Waals surface area contributed by atoms with Crippen molar-refractivity contribution in [3.8, 4) is 17.3 Å². The molecule has 1 N–H and O–H groups in total. The first-order valence-corrected chi connectivity index (χ1v) is 7.96. The van der Waals surface area contributed by atoms with E-state index >= 15 is 0 Å². The summed E-state index contributed by atoms with van der Waals surface area (Å²) >= 11 is 0. The lowest BCUT2D eigenvalue weighted by molar-refractivity contribution is 0.0661. The van der Waals surface area contributed by atoms with E-state index in [0.29, 0.717) is 11.6 Å². The highest BCUT2D eigenvalue weighted by Crippen LogP contribution is 2.32. The van der Waals surface area contributed by atoms with Gasteiger partial charge >= 0.3 is 0 Å². The quantitative estimate of drug-likeness (QED) is 0.926. The maximum atomic E-state index is 8.96. The number of rotatable bonds is 2. The highest BCUT2D eigenvalue weighted by Gasteiger charge is 2.25. The largest absolute Gasteiger partial charge is 0.387 e. The van der Waals surface area contributed by atoms with Crippen LogP contribution >= 0.6 is 0 Å². The van der Waals surface area contributed by atoms with E-state index in [1.54, 1.807) is 0 Å². The molecule has 1 aromatic carbocycles. The van der Waals surface area contributed by atoms with Gasteiger partial charge in [-0.3, -0.25) is 4.68 Å². The molecule has 1 aromatic heterocycles. The van der Waals surface area contributed by atoms with Crippen LogP contribution in [0, 0.1) is 11.3 Å². The summed E-state index contributed by atoms with van der Waals surface area (Å²) in [7, 11) is 0. The average molecular weight is 306 g/mol. The number of hydrogen-bond donors (Lipinski definition) is 1. The number of nitrogens with one attached hydrogen (secondary N) is 1. The lowest BCUT2D eigenvalue weighted by atomic mass is 10.0. The minimum absolute atomic E-state index is 0.396. The van der Waals surface area contributed by atoms with Crippen LogP contribution in [0.1, 0.15) is 35.7 Å². The molecule has 2 aliphatic rings. The highest BCUT2D eigenvalue weighted by molar-refractivity contribution is 5.70. The average Bonchev–Trinajstić information content (AvgIpc) is 3.02. The van der Waals surface area contributed by atoms with Crippen LogP contribution in [0.5, 0.6) is 0 Å². The summed E-state index contributed by atoms with van der Waals surface area (Å²) in [5.41, 5.74) is 5.15. The molecule has 0 amide bonds. The number of nitriles is 1. The van der Waals surface area contributed by atoms with E-state index < -0.39 is 0 Å². The third-order valence-corrected chi connectivity index (χ3v) is 4.51. The molecule has 2 aliphatic heterocycles. The molecule has 1 fully saturated rings. The first-order valence-electron chi connectivity index (χ1n) is 7.96. The molecule has 1 saturated heterocycles. The molecule has 0 saturated carbocycles. The zero-order valence-electron chi connectivity index (χ0n) is 12.8. The van der Waals surface area contributed by atoms with Crippen LogP contribution in [0.25, 0.3) is 17.3 Å². The summed E-state index contributed by atoms with van der Waals surface area (Å²) in [5, 5.41) is 17.2. The fourth-order valence-electron chi connectivity index (χ4n) is 3.27. The molecule has 0 aliphatic carbocycles.